The molecule has 1 atom stereocenters. The first-order chi connectivity index (χ1) is 8.70. The van der Waals surface area contributed by atoms with Gasteiger partial charge in [0.15, 0.2) is 6.61 Å². The van der Waals surface area contributed by atoms with Crippen LogP contribution >= 0.6 is 0 Å². The number of nitrogens with zero attached hydrogens (tertiary/aromatic N) is 1. The number of benzene rings is 1. The number of carbonyl (C=O) groups excluding carboxylic acids is 1. The van der Waals surface area contributed by atoms with Crippen LogP contribution in [0.15, 0.2) is 24.3 Å². The Balaban J connectivity index is 1.86. The van der Waals surface area contributed by atoms with Crippen LogP contribution in [0.25, 0.3) is 0 Å². The van der Waals surface area contributed by atoms with Crippen molar-refractivity contribution >= 4 is 5.91 Å². The molecule has 0 N–H and O–H groups in total. The van der Waals surface area contributed by atoms with E-state index in [9.17, 15) is 13.6 Å². The van der Waals surface area contributed by atoms with E-state index in [2.05, 4.69) is 0 Å². The lowest BCUT2D eigenvalue weighted by atomic mass is 10.2. The predicted octanol–water partition coefficient (Wildman–Crippen LogP) is 2.17. The van der Waals surface area contributed by atoms with E-state index in [4.69, 9.17) is 4.74 Å². The molecule has 0 aromatic heterocycles. The lowest BCUT2D eigenvalue weighted by Crippen LogP contribution is -2.39. The van der Waals surface area contributed by atoms with Crippen molar-refractivity contribution in [3.05, 3.63) is 30.1 Å². The normalized spacial score (nSPS) is 19.0. The summed E-state index contributed by atoms with van der Waals surface area (Å²) in [6, 6.07) is 5.13. The van der Waals surface area contributed by atoms with Crippen molar-refractivity contribution in [3.8, 4) is 5.75 Å². The SMILES string of the molecule is O=C(COc1ccc(F)cc1)N1CCCC1CF. The highest BCUT2D eigenvalue weighted by Crippen LogP contribution is 2.18. The van der Waals surface area contributed by atoms with Crippen LogP contribution in [0, 0.1) is 5.82 Å². The summed E-state index contributed by atoms with van der Waals surface area (Å²) in [5.41, 5.74) is 0. The minimum Gasteiger partial charge on any atom is -0.484 e. The molecule has 0 spiro atoms. The molecule has 0 saturated carbocycles. The van der Waals surface area contributed by atoms with Crippen LogP contribution in [0.3, 0.4) is 0 Å². The number of alkyl halides is 1. The van der Waals surface area contributed by atoms with E-state index in [1.807, 2.05) is 0 Å². The molecule has 0 radical (unpaired) electrons. The highest BCUT2D eigenvalue weighted by molar-refractivity contribution is 5.78. The number of likely N-dealkylation sites (tertiary alicyclic amines) is 1. The Labute approximate surface area is 104 Å². The van der Waals surface area contributed by atoms with Gasteiger partial charge in [0.2, 0.25) is 0 Å². The van der Waals surface area contributed by atoms with Crippen molar-refractivity contribution in [3.63, 3.8) is 0 Å². The molecule has 98 valence electrons. The molecular weight excluding hydrogens is 240 g/mol. The third-order valence-corrected chi connectivity index (χ3v) is 3.05. The Kier molecular flexibility index (Phi) is 4.12. The minimum atomic E-state index is -0.512. The molecule has 1 aliphatic rings. The summed E-state index contributed by atoms with van der Waals surface area (Å²) in [5, 5.41) is 0. The fourth-order valence-electron chi connectivity index (χ4n) is 2.08. The highest BCUT2D eigenvalue weighted by Gasteiger charge is 2.28. The Morgan fingerprint density at radius 2 is 2.11 bits per heavy atom. The van der Waals surface area contributed by atoms with Crippen molar-refractivity contribution in [2.45, 2.75) is 18.9 Å². The Morgan fingerprint density at radius 1 is 1.39 bits per heavy atom. The molecule has 1 amide bonds. The molecule has 1 unspecified atom stereocenters. The van der Waals surface area contributed by atoms with Crippen LogP contribution in [-0.2, 0) is 4.79 Å². The van der Waals surface area contributed by atoms with Gasteiger partial charge in [0.25, 0.3) is 5.91 Å². The maximum Gasteiger partial charge on any atom is 0.260 e. The third kappa shape index (κ3) is 2.97. The smallest absolute Gasteiger partial charge is 0.260 e. The molecule has 1 aromatic rings. The molecule has 1 fully saturated rings. The van der Waals surface area contributed by atoms with Gasteiger partial charge >= 0.3 is 0 Å². The summed E-state index contributed by atoms with van der Waals surface area (Å²) in [7, 11) is 0. The summed E-state index contributed by atoms with van der Waals surface area (Å²) in [6.07, 6.45) is 1.54. The fourth-order valence-corrected chi connectivity index (χ4v) is 2.08. The second-order valence-electron chi connectivity index (χ2n) is 4.28. The van der Waals surface area contributed by atoms with Gasteiger partial charge in [-0.2, -0.15) is 0 Å². The second kappa shape index (κ2) is 5.80. The van der Waals surface area contributed by atoms with Crippen molar-refractivity contribution in [1.82, 2.24) is 4.90 Å². The van der Waals surface area contributed by atoms with Crippen LogP contribution in [0.1, 0.15) is 12.8 Å². The molecule has 3 nitrogen and oxygen atoms in total. The van der Waals surface area contributed by atoms with Gasteiger partial charge in [-0.1, -0.05) is 0 Å². The van der Waals surface area contributed by atoms with E-state index in [-0.39, 0.29) is 24.4 Å². The number of carbonyl (C=O) groups is 1. The molecule has 1 heterocycles. The number of amides is 1. The lowest BCUT2D eigenvalue weighted by Gasteiger charge is -2.22. The van der Waals surface area contributed by atoms with Crippen molar-refractivity contribution in [1.29, 1.82) is 0 Å². The largest absolute Gasteiger partial charge is 0.484 e. The van der Waals surface area contributed by atoms with E-state index in [1.54, 1.807) is 0 Å². The van der Waals surface area contributed by atoms with Crippen LogP contribution in [0.2, 0.25) is 0 Å². The Bertz CT molecular complexity index is 408. The van der Waals surface area contributed by atoms with Crippen molar-refractivity contribution < 1.29 is 18.3 Å². The predicted molar refractivity (Wildman–Crippen MR) is 62.6 cm³/mol. The van der Waals surface area contributed by atoms with Crippen molar-refractivity contribution in [2.24, 2.45) is 0 Å². The topological polar surface area (TPSA) is 29.5 Å². The first-order valence-corrected chi connectivity index (χ1v) is 5.94. The molecule has 1 saturated heterocycles. The van der Waals surface area contributed by atoms with Crippen LogP contribution < -0.4 is 4.74 Å². The summed E-state index contributed by atoms with van der Waals surface area (Å²) >= 11 is 0. The molecule has 1 aliphatic heterocycles. The van der Waals surface area contributed by atoms with Crippen molar-refractivity contribution in [2.75, 3.05) is 19.8 Å². The van der Waals surface area contributed by atoms with E-state index >= 15 is 0 Å². The van der Waals surface area contributed by atoms with Gasteiger partial charge < -0.3 is 9.64 Å². The third-order valence-electron chi connectivity index (χ3n) is 3.05. The zero-order valence-corrected chi connectivity index (χ0v) is 9.94. The van der Waals surface area contributed by atoms with Gasteiger partial charge in [-0.25, -0.2) is 8.78 Å². The van der Waals surface area contributed by atoms with Crippen LogP contribution in [0.5, 0.6) is 5.75 Å². The van der Waals surface area contributed by atoms with Gasteiger partial charge in [-0.15, -0.1) is 0 Å². The quantitative estimate of drug-likeness (QED) is 0.825. The number of ether oxygens (including phenoxy) is 1. The van der Waals surface area contributed by atoms with Crippen LogP contribution in [0.4, 0.5) is 8.78 Å². The van der Waals surface area contributed by atoms with E-state index in [1.165, 1.54) is 29.2 Å². The second-order valence-corrected chi connectivity index (χ2v) is 4.28. The average Bonchev–Trinajstić information content (AvgIpc) is 2.86. The minimum absolute atomic E-state index is 0.137. The lowest BCUT2D eigenvalue weighted by molar-refractivity contribution is -0.134. The Hall–Kier alpha value is -1.65. The summed E-state index contributed by atoms with van der Waals surface area (Å²) < 4.78 is 30.5. The number of halogens is 2. The average molecular weight is 255 g/mol. The number of rotatable bonds is 4. The molecular formula is C13H15F2NO2. The maximum absolute atomic E-state index is 12.7. The molecule has 2 rings (SSSR count). The van der Waals surface area contributed by atoms with Gasteiger partial charge in [-0.05, 0) is 37.1 Å². The summed E-state index contributed by atoms with van der Waals surface area (Å²) in [5.74, 6) is -0.147. The standard InChI is InChI=1S/C13H15F2NO2/c14-8-11-2-1-7-16(11)13(17)9-18-12-5-3-10(15)4-6-12/h3-6,11H,1-2,7-9H2. The molecule has 5 heteroatoms. The van der Waals surface area contributed by atoms with Crippen LogP contribution in [-0.4, -0.2) is 36.7 Å². The Morgan fingerprint density at radius 3 is 2.78 bits per heavy atom. The number of hydrogen-bond donors (Lipinski definition) is 0. The number of hydrogen-bond acceptors (Lipinski definition) is 2. The van der Waals surface area contributed by atoms with Gasteiger partial charge in [0.05, 0.1) is 6.04 Å². The fraction of sp³-hybridized carbons (Fsp3) is 0.462. The molecule has 0 bridgehead atoms. The highest BCUT2D eigenvalue weighted by atomic mass is 19.1. The zero-order valence-electron chi connectivity index (χ0n) is 9.94. The van der Waals surface area contributed by atoms with Gasteiger partial charge in [0, 0.05) is 6.54 Å². The molecule has 1 aromatic carbocycles. The van der Waals surface area contributed by atoms with E-state index in [0.29, 0.717) is 18.7 Å². The summed E-state index contributed by atoms with van der Waals surface area (Å²) in [6.45, 7) is -0.0649. The monoisotopic (exact) mass is 255 g/mol. The first-order valence-electron chi connectivity index (χ1n) is 5.94. The van der Waals surface area contributed by atoms with E-state index in [0.717, 1.165) is 6.42 Å². The van der Waals surface area contributed by atoms with Gasteiger partial charge in [0.1, 0.15) is 18.2 Å². The first kappa shape index (κ1) is 12.8. The molecule has 18 heavy (non-hydrogen) atoms. The van der Waals surface area contributed by atoms with Gasteiger partial charge in [-0.3, -0.25) is 4.79 Å². The van der Waals surface area contributed by atoms with E-state index < -0.39 is 6.67 Å². The molecule has 0 aliphatic carbocycles. The maximum atomic E-state index is 12.7. The summed E-state index contributed by atoms with van der Waals surface area (Å²) in [4.78, 5) is 13.3. The zero-order chi connectivity index (χ0) is 13.0.